The second-order valence-electron chi connectivity index (χ2n) is 3.92. The van der Waals surface area contributed by atoms with Gasteiger partial charge in [0.25, 0.3) is 0 Å². The third-order valence-corrected chi connectivity index (χ3v) is 4.02. The van der Waals surface area contributed by atoms with Crippen molar-refractivity contribution in [2.45, 2.75) is 25.5 Å². The van der Waals surface area contributed by atoms with Crippen molar-refractivity contribution in [3.8, 4) is 0 Å². The molecule has 3 nitrogen and oxygen atoms in total. The Morgan fingerprint density at radius 3 is 2.80 bits per heavy atom. The van der Waals surface area contributed by atoms with Crippen LogP contribution < -0.4 is 5.32 Å². The Morgan fingerprint density at radius 1 is 1.67 bits per heavy atom. The van der Waals surface area contributed by atoms with Crippen LogP contribution in [0.5, 0.6) is 0 Å². The summed E-state index contributed by atoms with van der Waals surface area (Å²) in [5.74, 6) is 0.456. The Hall–Kier alpha value is -0.0700. The molecule has 1 heterocycles. The SMILES string of the molecule is CC(C)(C)SCC(=O)Nc1ncc(Br)s1. The maximum absolute atomic E-state index is 11.5. The summed E-state index contributed by atoms with van der Waals surface area (Å²) in [5.41, 5.74) is 0. The lowest BCUT2D eigenvalue weighted by Crippen LogP contribution is -2.18. The predicted molar refractivity (Wildman–Crippen MR) is 70.7 cm³/mol. The van der Waals surface area contributed by atoms with Gasteiger partial charge in [0.15, 0.2) is 5.13 Å². The summed E-state index contributed by atoms with van der Waals surface area (Å²) in [6, 6.07) is 0. The van der Waals surface area contributed by atoms with Gasteiger partial charge in [-0.1, -0.05) is 32.1 Å². The Labute approximate surface area is 106 Å². The van der Waals surface area contributed by atoms with Crippen molar-refractivity contribution >= 4 is 50.1 Å². The van der Waals surface area contributed by atoms with Crippen LogP contribution in [0.15, 0.2) is 9.98 Å². The average Bonchev–Trinajstić information content (AvgIpc) is 2.47. The van der Waals surface area contributed by atoms with Crippen LogP contribution in [0.4, 0.5) is 5.13 Å². The number of aromatic nitrogens is 1. The van der Waals surface area contributed by atoms with Crippen molar-refractivity contribution in [1.82, 2.24) is 4.98 Å². The summed E-state index contributed by atoms with van der Waals surface area (Å²) >= 11 is 6.33. The van der Waals surface area contributed by atoms with Crippen molar-refractivity contribution in [3.05, 3.63) is 9.98 Å². The molecule has 0 aromatic carbocycles. The number of nitrogens with one attached hydrogen (secondary N) is 1. The zero-order valence-electron chi connectivity index (χ0n) is 8.83. The monoisotopic (exact) mass is 308 g/mol. The van der Waals surface area contributed by atoms with Crippen LogP contribution in [-0.4, -0.2) is 21.4 Å². The lowest BCUT2D eigenvalue weighted by Gasteiger charge is -2.16. The van der Waals surface area contributed by atoms with E-state index in [0.717, 1.165) is 3.79 Å². The molecule has 0 spiro atoms. The van der Waals surface area contributed by atoms with Crippen LogP contribution in [0.1, 0.15) is 20.8 Å². The van der Waals surface area contributed by atoms with Crippen LogP contribution in [0, 0.1) is 0 Å². The van der Waals surface area contributed by atoms with E-state index in [1.165, 1.54) is 11.3 Å². The Balaban J connectivity index is 2.37. The number of rotatable bonds is 3. The van der Waals surface area contributed by atoms with Gasteiger partial charge in [-0.05, 0) is 15.9 Å². The number of amides is 1. The molecule has 1 aromatic rings. The van der Waals surface area contributed by atoms with E-state index >= 15 is 0 Å². The molecule has 0 unspecified atom stereocenters. The summed E-state index contributed by atoms with van der Waals surface area (Å²) in [4.78, 5) is 15.5. The minimum absolute atomic E-state index is 0.00299. The highest BCUT2D eigenvalue weighted by atomic mass is 79.9. The minimum atomic E-state index is -0.00299. The quantitative estimate of drug-likeness (QED) is 0.931. The van der Waals surface area contributed by atoms with Gasteiger partial charge in [-0.15, -0.1) is 11.8 Å². The molecule has 0 fully saturated rings. The molecule has 6 heteroatoms. The normalized spacial score (nSPS) is 11.5. The van der Waals surface area contributed by atoms with E-state index in [9.17, 15) is 4.79 Å². The molecule has 0 aliphatic rings. The van der Waals surface area contributed by atoms with Crippen molar-refractivity contribution in [2.24, 2.45) is 0 Å². The van der Waals surface area contributed by atoms with E-state index in [-0.39, 0.29) is 10.7 Å². The average molecular weight is 309 g/mol. The molecule has 15 heavy (non-hydrogen) atoms. The summed E-state index contributed by atoms with van der Waals surface area (Å²) in [6.45, 7) is 6.26. The highest BCUT2D eigenvalue weighted by molar-refractivity contribution is 9.11. The van der Waals surface area contributed by atoms with E-state index in [1.54, 1.807) is 18.0 Å². The lowest BCUT2D eigenvalue weighted by atomic mass is 10.3. The lowest BCUT2D eigenvalue weighted by molar-refractivity contribution is -0.113. The molecule has 0 bridgehead atoms. The fourth-order valence-electron chi connectivity index (χ4n) is 0.750. The van der Waals surface area contributed by atoms with E-state index in [1.807, 2.05) is 0 Å². The first-order valence-electron chi connectivity index (χ1n) is 4.42. The summed E-state index contributed by atoms with van der Waals surface area (Å²) in [5, 5.41) is 3.39. The number of carbonyl (C=O) groups is 1. The highest BCUT2D eigenvalue weighted by Crippen LogP contribution is 2.25. The Kier molecular flexibility index (Phi) is 4.61. The van der Waals surface area contributed by atoms with E-state index in [2.05, 4.69) is 47.0 Å². The minimum Gasteiger partial charge on any atom is -0.301 e. The zero-order valence-corrected chi connectivity index (χ0v) is 12.1. The standard InChI is InChI=1S/C9H13BrN2OS2/c1-9(2,3)14-5-7(13)12-8-11-4-6(10)15-8/h4H,5H2,1-3H3,(H,11,12,13). The van der Waals surface area contributed by atoms with Gasteiger partial charge in [-0.2, -0.15) is 0 Å². The predicted octanol–water partition coefficient (Wildman–Crippen LogP) is 3.38. The first kappa shape index (κ1) is 13.0. The molecular formula is C9H13BrN2OS2. The molecule has 1 amide bonds. The van der Waals surface area contributed by atoms with Crippen LogP contribution in [0.25, 0.3) is 0 Å². The smallest absolute Gasteiger partial charge is 0.236 e. The van der Waals surface area contributed by atoms with E-state index < -0.39 is 0 Å². The molecule has 0 aliphatic heterocycles. The summed E-state index contributed by atoms with van der Waals surface area (Å²) < 4.78 is 1.03. The number of hydrogen-bond donors (Lipinski definition) is 1. The second kappa shape index (κ2) is 5.32. The number of halogens is 1. The van der Waals surface area contributed by atoms with Crippen LogP contribution >= 0.6 is 39.0 Å². The molecule has 0 radical (unpaired) electrons. The van der Waals surface area contributed by atoms with Crippen LogP contribution in [0.3, 0.4) is 0 Å². The second-order valence-corrected chi connectivity index (χ2v) is 8.13. The molecule has 1 N–H and O–H groups in total. The molecule has 0 saturated carbocycles. The molecule has 1 rings (SSSR count). The van der Waals surface area contributed by atoms with Gasteiger partial charge in [-0.3, -0.25) is 4.79 Å². The van der Waals surface area contributed by atoms with Crippen molar-refractivity contribution in [2.75, 3.05) is 11.1 Å². The Bertz CT molecular complexity index is 346. The zero-order chi connectivity index (χ0) is 11.5. The van der Waals surface area contributed by atoms with Gasteiger partial charge >= 0.3 is 0 Å². The third kappa shape index (κ3) is 5.53. The van der Waals surface area contributed by atoms with Gasteiger partial charge in [-0.25, -0.2) is 4.98 Å². The number of thioether (sulfide) groups is 1. The first-order valence-corrected chi connectivity index (χ1v) is 7.01. The summed E-state index contributed by atoms with van der Waals surface area (Å²) in [6.07, 6.45) is 1.68. The fraction of sp³-hybridized carbons (Fsp3) is 0.556. The van der Waals surface area contributed by atoms with Gasteiger partial charge in [0.05, 0.1) is 15.7 Å². The maximum atomic E-state index is 11.5. The third-order valence-electron chi connectivity index (χ3n) is 1.36. The molecule has 0 aliphatic carbocycles. The molecule has 84 valence electrons. The molecule has 0 saturated heterocycles. The van der Waals surface area contributed by atoms with Crippen LogP contribution in [0.2, 0.25) is 0 Å². The summed E-state index contributed by atoms with van der Waals surface area (Å²) in [7, 11) is 0. The number of hydrogen-bond acceptors (Lipinski definition) is 4. The van der Waals surface area contributed by atoms with E-state index in [4.69, 9.17) is 0 Å². The molecule has 1 aromatic heterocycles. The molecular weight excluding hydrogens is 296 g/mol. The number of thiazole rings is 1. The Morgan fingerprint density at radius 2 is 2.33 bits per heavy atom. The number of carbonyl (C=O) groups excluding carboxylic acids is 1. The molecule has 0 atom stereocenters. The number of anilines is 1. The van der Waals surface area contributed by atoms with Crippen molar-refractivity contribution in [1.29, 1.82) is 0 Å². The first-order chi connectivity index (χ1) is 6.87. The highest BCUT2D eigenvalue weighted by Gasteiger charge is 2.14. The topological polar surface area (TPSA) is 42.0 Å². The van der Waals surface area contributed by atoms with Crippen molar-refractivity contribution < 1.29 is 4.79 Å². The maximum Gasteiger partial charge on any atom is 0.236 e. The van der Waals surface area contributed by atoms with Crippen LogP contribution in [-0.2, 0) is 4.79 Å². The van der Waals surface area contributed by atoms with Gasteiger partial charge in [0.1, 0.15) is 0 Å². The van der Waals surface area contributed by atoms with Gasteiger partial charge < -0.3 is 5.32 Å². The van der Waals surface area contributed by atoms with E-state index in [0.29, 0.717) is 10.9 Å². The largest absolute Gasteiger partial charge is 0.301 e. The van der Waals surface area contributed by atoms with Gasteiger partial charge in [0, 0.05) is 4.75 Å². The fourth-order valence-corrected chi connectivity index (χ4v) is 2.51. The number of nitrogens with zero attached hydrogens (tertiary/aromatic N) is 1. The van der Waals surface area contributed by atoms with Crippen molar-refractivity contribution in [3.63, 3.8) is 0 Å². The van der Waals surface area contributed by atoms with Gasteiger partial charge in [0.2, 0.25) is 5.91 Å².